The highest BCUT2D eigenvalue weighted by atomic mass is 16.5. The fourth-order valence-corrected chi connectivity index (χ4v) is 1.25. The smallest absolute Gasteiger partial charge is 0.233 e. The maximum absolute atomic E-state index is 8.50. The maximum atomic E-state index is 8.50. The van der Waals surface area contributed by atoms with E-state index in [1.165, 1.54) is 0 Å². The summed E-state index contributed by atoms with van der Waals surface area (Å²) in [5, 5.41) is 11.4. The minimum atomic E-state index is 0.0703. The Morgan fingerprint density at radius 3 is 2.80 bits per heavy atom. The lowest BCUT2D eigenvalue weighted by molar-refractivity contribution is 0.303. The second-order valence-electron chi connectivity index (χ2n) is 3.13. The van der Waals surface area contributed by atoms with Crippen LogP contribution in [0, 0.1) is 0 Å². The molecule has 0 aliphatic carbocycles. The van der Waals surface area contributed by atoms with Gasteiger partial charge in [-0.3, -0.25) is 0 Å². The number of nitrogens with zero attached hydrogens (tertiary/aromatic N) is 2. The first-order valence-corrected chi connectivity index (χ1v) is 4.49. The minimum absolute atomic E-state index is 0.0703. The van der Waals surface area contributed by atoms with Gasteiger partial charge in [0, 0.05) is 19.2 Å². The van der Waals surface area contributed by atoms with E-state index in [9.17, 15) is 0 Å². The van der Waals surface area contributed by atoms with Crippen LogP contribution in [0.25, 0.3) is 0 Å². The number of hydrogen-bond donors (Lipinski definition) is 2. The average molecular weight is 209 g/mol. The predicted molar refractivity (Wildman–Crippen MR) is 57.9 cm³/mol. The predicted octanol–water partition coefficient (Wildman–Crippen LogP) is 0.831. The number of nitrogens with two attached hydrogens (primary N) is 1. The van der Waals surface area contributed by atoms with Gasteiger partial charge in [0.15, 0.2) is 0 Å². The number of rotatable bonds is 3. The Morgan fingerprint density at radius 2 is 2.20 bits per heavy atom. The summed E-state index contributed by atoms with van der Waals surface area (Å²) in [4.78, 5) is 1.62. The van der Waals surface area contributed by atoms with Gasteiger partial charge in [0.25, 0.3) is 0 Å². The van der Waals surface area contributed by atoms with Gasteiger partial charge in [-0.25, -0.2) is 0 Å². The van der Waals surface area contributed by atoms with E-state index < -0.39 is 0 Å². The molecule has 0 unspecified atom stereocenters. The van der Waals surface area contributed by atoms with Crippen molar-refractivity contribution in [3.8, 4) is 5.75 Å². The number of ether oxygens (including phenoxy) is 1. The quantitative estimate of drug-likeness (QED) is 0.335. The summed E-state index contributed by atoms with van der Waals surface area (Å²) in [6, 6.07) is 7.61. The van der Waals surface area contributed by atoms with E-state index in [2.05, 4.69) is 5.16 Å². The first-order valence-electron chi connectivity index (χ1n) is 4.49. The summed E-state index contributed by atoms with van der Waals surface area (Å²) >= 11 is 0. The average Bonchev–Trinajstić information content (AvgIpc) is 2.28. The first-order chi connectivity index (χ1) is 7.19. The van der Waals surface area contributed by atoms with E-state index in [1.54, 1.807) is 19.1 Å². The van der Waals surface area contributed by atoms with Crippen molar-refractivity contribution in [2.24, 2.45) is 10.9 Å². The zero-order valence-corrected chi connectivity index (χ0v) is 8.84. The summed E-state index contributed by atoms with van der Waals surface area (Å²) in [6.07, 6.45) is 0. The highest BCUT2D eigenvalue weighted by molar-refractivity contribution is 5.77. The Morgan fingerprint density at radius 1 is 1.53 bits per heavy atom. The van der Waals surface area contributed by atoms with Crippen LogP contribution >= 0.6 is 0 Å². The molecule has 0 aromatic heterocycles. The molecule has 3 N–H and O–H groups in total. The van der Waals surface area contributed by atoms with Crippen LogP contribution in [0.4, 0.5) is 0 Å². The highest BCUT2D eigenvalue weighted by Gasteiger charge is 2.07. The number of oxime groups is 1. The molecule has 5 heteroatoms. The molecule has 0 fully saturated rings. The van der Waals surface area contributed by atoms with Crippen molar-refractivity contribution in [1.82, 2.24) is 4.90 Å². The van der Waals surface area contributed by atoms with Crippen LogP contribution in [0.2, 0.25) is 0 Å². The van der Waals surface area contributed by atoms with E-state index in [4.69, 9.17) is 15.7 Å². The van der Waals surface area contributed by atoms with Crippen molar-refractivity contribution in [2.75, 3.05) is 14.2 Å². The third-order valence-corrected chi connectivity index (χ3v) is 2.09. The van der Waals surface area contributed by atoms with Gasteiger partial charge in [-0.2, -0.15) is 0 Å². The number of guanidine groups is 1. The molecule has 0 saturated heterocycles. The number of methoxy groups -OCH3 is 1. The van der Waals surface area contributed by atoms with Gasteiger partial charge in [-0.05, 0) is 6.07 Å². The molecule has 0 radical (unpaired) electrons. The molecule has 82 valence electrons. The van der Waals surface area contributed by atoms with Crippen LogP contribution in [0.3, 0.4) is 0 Å². The van der Waals surface area contributed by atoms with Gasteiger partial charge in [0.1, 0.15) is 5.75 Å². The summed E-state index contributed by atoms with van der Waals surface area (Å²) in [7, 11) is 3.35. The van der Waals surface area contributed by atoms with Crippen LogP contribution in [0.5, 0.6) is 5.75 Å². The Balaban J connectivity index is 2.80. The molecular formula is C10H15N3O2. The molecular weight excluding hydrogens is 194 g/mol. The second-order valence-corrected chi connectivity index (χ2v) is 3.13. The monoisotopic (exact) mass is 209 g/mol. The Labute approximate surface area is 88.7 Å². The molecule has 5 nitrogen and oxygen atoms in total. The number of benzene rings is 1. The van der Waals surface area contributed by atoms with Crippen LogP contribution < -0.4 is 10.5 Å². The molecule has 15 heavy (non-hydrogen) atoms. The Hall–Kier alpha value is -1.91. The molecule has 0 aliphatic heterocycles. The van der Waals surface area contributed by atoms with E-state index in [1.807, 2.05) is 24.3 Å². The number of hydrogen-bond acceptors (Lipinski definition) is 3. The lowest BCUT2D eigenvalue weighted by Crippen LogP contribution is -2.33. The molecule has 0 aliphatic rings. The van der Waals surface area contributed by atoms with Crippen LogP contribution in [0.15, 0.2) is 29.4 Å². The zero-order chi connectivity index (χ0) is 11.3. The van der Waals surface area contributed by atoms with Crippen LogP contribution in [0.1, 0.15) is 5.56 Å². The van der Waals surface area contributed by atoms with Gasteiger partial charge in [0.2, 0.25) is 5.96 Å². The fraction of sp³-hybridized carbons (Fsp3) is 0.300. The molecule has 0 atom stereocenters. The van der Waals surface area contributed by atoms with Gasteiger partial charge in [0.05, 0.1) is 7.11 Å². The van der Waals surface area contributed by atoms with Crippen molar-refractivity contribution < 1.29 is 9.94 Å². The van der Waals surface area contributed by atoms with Crippen LogP contribution in [-0.2, 0) is 6.54 Å². The summed E-state index contributed by atoms with van der Waals surface area (Å²) < 4.78 is 5.19. The topological polar surface area (TPSA) is 71.1 Å². The van der Waals surface area contributed by atoms with E-state index in [0.29, 0.717) is 6.54 Å². The summed E-state index contributed by atoms with van der Waals surface area (Å²) in [5.41, 5.74) is 6.42. The zero-order valence-electron chi connectivity index (χ0n) is 8.84. The van der Waals surface area contributed by atoms with E-state index in [0.717, 1.165) is 11.3 Å². The lowest BCUT2D eigenvalue weighted by atomic mass is 10.2. The number of para-hydroxylation sites is 1. The minimum Gasteiger partial charge on any atom is -0.496 e. The van der Waals surface area contributed by atoms with Crippen molar-refractivity contribution in [3.05, 3.63) is 29.8 Å². The van der Waals surface area contributed by atoms with Crippen molar-refractivity contribution in [1.29, 1.82) is 0 Å². The van der Waals surface area contributed by atoms with Crippen molar-refractivity contribution >= 4 is 5.96 Å². The summed E-state index contributed by atoms with van der Waals surface area (Å²) in [6.45, 7) is 0.528. The summed E-state index contributed by atoms with van der Waals surface area (Å²) in [5.74, 6) is 0.857. The molecule has 0 bridgehead atoms. The standard InChI is InChI=1S/C10H15N3O2/c1-13(10(11)12-14)7-8-5-3-4-6-9(8)15-2/h3-6,14H,7H2,1-2H3,(H2,11,12). The molecule has 1 aromatic carbocycles. The van der Waals surface area contributed by atoms with E-state index in [-0.39, 0.29) is 5.96 Å². The Bertz CT molecular complexity index is 352. The van der Waals surface area contributed by atoms with Crippen molar-refractivity contribution in [3.63, 3.8) is 0 Å². The van der Waals surface area contributed by atoms with E-state index >= 15 is 0 Å². The normalized spacial score (nSPS) is 11.2. The second kappa shape index (κ2) is 5.09. The highest BCUT2D eigenvalue weighted by Crippen LogP contribution is 2.18. The molecule has 0 amide bonds. The largest absolute Gasteiger partial charge is 0.496 e. The molecule has 1 aromatic rings. The first kappa shape index (κ1) is 11.2. The van der Waals surface area contributed by atoms with Crippen molar-refractivity contribution in [2.45, 2.75) is 6.54 Å². The maximum Gasteiger partial charge on any atom is 0.233 e. The third-order valence-electron chi connectivity index (χ3n) is 2.09. The molecule has 1 rings (SSSR count). The van der Waals surface area contributed by atoms with Crippen LogP contribution in [-0.4, -0.2) is 30.2 Å². The van der Waals surface area contributed by atoms with Gasteiger partial charge in [-0.1, -0.05) is 23.4 Å². The molecule has 0 spiro atoms. The SMILES string of the molecule is COc1ccccc1CN(C)C(N)=NO. The fourth-order valence-electron chi connectivity index (χ4n) is 1.25. The molecule has 0 saturated carbocycles. The van der Waals surface area contributed by atoms with Gasteiger partial charge < -0.3 is 20.6 Å². The Kier molecular flexibility index (Phi) is 3.79. The van der Waals surface area contributed by atoms with Gasteiger partial charge >= 0.3 is 0 Å². The molecule has 0 heterocycles. The van der Waals surface area contributed by atoms with Gasteiger partial charge in [-0.15, -0.1) is 0 Å². The lowest BCUT2D eigenvalue weighted by Gasteiger charge is -2.18. The third kappa shape index (κ3) is 2.77.